The predicted octanol–water partition coefficient (Wildman–Crippen LogP) is 10.0. The zero-order valence-electron chi connectivity index (χ0n) is 19.1. The molecule has 0 aromatic rings. The highest BCUT2D eigenvalue weighted by Gasteiger charge is 2.94. The third-order valence-corrected chi connectivity index (χ3v) is 5.58. The molecule has 0 nitrogen and oxygen atoms in total. The molecule has 0 heterocycles. The van der Waals surface area contributed by atoms with Crippen LogP contribution in [-0.4, -0.2) is 47.4 Å². The summed E-state index contributed by atoms with van der Waals surface area (Å²) in [6.07, 6.45) is -6.24. The van der Waals surface area contributed by atoms with E-state index in [1.54, 1.807) is 6.92 Å². The van der Waals surface area contributed by atoms with E-state index in [0.29, 0.717) is 12.8 Å². The van der Waals surface area contributed by atoms with Crippen LogP contribution in [0, 0.1) is 0 Å². The maximum absolute atomic E-state index is 13.8. The monoisotopic (exact) mass is 570 g/mol. The molecule has 0 radical (unpaired) electrons. The lowest BCUT2D eigenvalue weighted by atomic mass is 9.86. The third kappa shape index (κ3) is 5.80. The van der Waals surface area contributed by atoms with Crippen LogP contribution in [-0.2, 0) is 0 Å². The lowest BCUT2D eigenvalue weighted by molar-refractivity contribution is -0.453. The minimum Gasteiger partial charge on any atom is -0.200 e. The van der Waals surface area contributed by atoms with E-state index in [1.807, 2.05) is 0 Å². The van der Waals surface area contributed by atoms with Crippen LogP contribution in [0.1, 0.15) is 78.1 Å². The largest absolute Gasteiger partial charge is 0.384 e. The van der Waals surface area contributed by atoms with E-state index in [9.17, 15) is 70.2 Å². The van der Waals surface area contributed by atoms with Crippen LogP contribution in [0.3, 0.4) is 0 Å². The van der Waals surface area contributed by atoms with Crippen molar-refractivity contribution in [3.63, 3.8) is 0 Å². The van der Waals surface area contributed by atoms with Crippen molar-refractivity contribution in [1.82, 2.24) is 0 Å². The Labute approximate surface area is 196 Å². The fourth-order valence-corrected chi connectivity index (χ4v) is 3.11. The second-order valence-electron chi connectivity index (χ2n) is 8.48. The Morgan fingerprint density at radius 1 is 0.306 bits per heavy atom. The van der Waals surface area contributed by atoms with Crippen LogP contribution in [0.4, 0.5) is 70.2 Å². The Morgan fingerprint density at radius 3 is 0.833 bits per heavy atom. The van der Waals surface area contributed by atoms with Crippen molar-refractivity contribution < 1.29 is 70.2 Å². The summed E-state index contributed by atoms with van der Waals surface area (Å²) in [5.41, 5.74) is 0. The van der Waals surface area contributed by atoms with E-state index in [-0.39, 0.29) is 25.7 Å². The van der Waals surface area contributed by atoms with Gasteiger partial charge in [0, 0.05) is 12.8 Å². The van der Waals surface area contributed by atoms with Gasteiger partial charge in [-0.15, -0.1) is 0 Å². The molecular weight excluding hydrogens is 544 g/mol. The van der Waals surface area contributed by atoms with Crippen molar-refractivity contribution in [3.8, 4) is 0 Å². The Hall–Kier alpha value is -1.12. The lowest BCUT2D eigenvalue weighted by Gasteiger charge is -2.43. The van der Waals surface area contributed by atoms with Crippen LogP contribution >= 0.6 is 0 Å². The molecule has 0 fully saturated rings. The summed E-state index contributed by atoms with van der Waals surface area (Å²) in [4.78, 5) is 0. The molecule has 0 aromatic carbocycles. The molecule has 0 aromatic heterocycles. The molecular formula is C20H26F16. The molecule has 0 aliphatic carbocycles. The summed E-state index contributed by atoms with van der Waals surface area (Å²) in [6, 6.07) is 0. The maximum atomic E-state index is 13.8. The zero-order valence-corrected chi connectivity index (χ0v) is 19.1. The second-order valence-corrected chi connectivity index (χ2v) is 8.48. The van der Waals surface area contributed by atoms with Crippen LogP contribution < -0.4 is 0 Å². The molecule has 0 rings (SSSR count). The van der Waals surface area contributed by atoms with E-state index in [4.69, 9.17) is 0 Å². The average Bonchev–Trinajstić information content (AvgIpc) is 2.72. The summed E-state index contributed by atoms with van der Waals surface area (Å²) in [5.74, 6) is -60.1. The first-order valence-electron chi connectivity index (χ1n) is 10.9. The quantitative estimate of drug-likeness (QED) is 0.121. The van der Waals surface area contributed by atoms with E-state index in [0.717, 1.165) is 0 Å². The van der Waals surface area contributed by atoms with Crippen LogP contribution in [0.15, 0.2) is 0 Å². The lowest BCUT2D eigenvalue weighted by Crippen LogP contribution is -2.74. The highest BCUT2D eigenvalue weighted by Crippen LogP contribution is 2.64. The van der Waals surface area contributed by atoms with Gasteiger partial charge in [0.25, 0.3) is 0 Å². The number of alkyl halides is 16. The first-order valence-corrected chi connectivity index (χ1v) is 10.9. The molecule has 0 saturated heterocycles. The Morgan fingerprint density at radius 2 is 0.528 bits per heavy atom. The molecule has 0 atom stereocenters. The predicted molar refractivity (Wildman–Crippen MR) is 97.1 cm³/mol. The molecule has 0 N–H and O–H groups in total. The van der Waals surface area contributed by atoms with Gasteiger partial charge in [-0.25, -0.2) is 0 Å². The first-order chi connectivity index (χ1) is 15.9. The molecule has 218 valence electrons. The fourth-order valence-electron chi connectivity index (χ4n) is 3.11. The van der Waals surface area contributed by atoms with Gasteiger partial charge in [-0.2, -0.15) is 70.2 Å². The number of hydrogen-bond acceptors (Lipinski definition) is 0. The van der Waals surface area contributed by atoms with Crippen molar-refractivity contribution in [1.29, 1.82) is 0 Å². The Bertz CT molecular complexity index is 683. The van der Waals surface area contributed by atoms with Gasteiger partial charge < -0.3 is 0 Å². The van der Waals surface area contributed by atoms with Gasteiger partial charge in [0.15, 0.2) is 0 Å². The standard InChI is InChI=1S/C20H26F16/c1-3-5-7-8-10-12-14(23,24)16(27,28)18(31,32)20(35,36)19(33,34)17(29,30)15(25,26)13(21,22)11-9-6-4-2/h3-12H2,1-2H3. The first kappa shape index (κ1) is 34.9. The molecule has 36 heavy (non-hydrogen) atoms. The van der Waals surface area contributed by atoms with Crippen LogP contribution in [0.5, 0.6) is 0 Å². The van der Waals surface area contributed by atoms with E-state index >= 15 is 0 Å². The third-order valence-electron chi connectivity index (χ3n) is 5.58. The number of halogens is 16. The van der Waals surface area contributed by atoms with Crippen molar-refractivity contribution >= 4 is 0 Å². The molecule has 0 amide bonds. The average molecular weight is 570 g/mol. The van der Waals surface area contributed by atoms with Gasteiger partial charge in [-0.3, -0.25) is 0 Å². The molecule has 0 spiro atoms. The van der Waals surface area contributed by atoms with Gasteiger partial charge in [-0.05, 0) is 12.8 Å². The van der Waals surface area contributed by atoms with E-state index < -0.39 is 73.1 Å². The zero-order chi connectivity index (χ0) is 29.1. The minimum absolute atomic E-state index is 0.0143. The van der Waals surface area contributed by atoms with Gasteiger partial charge in [0.2, 0.25) is 0 Å². The van der Waals surface area contributed by atoms with Crippen molar-refractivity contribution in [2.75, 3.05) is 0 Å². The molecule has 0 saturated carbocycles. The summed E-state index contributed by atoms with van der Waals surface area (Å²) < 4.78 is 220. The highest BCUT2D eigenvalue weighted by molar-refractivity contribution is 5.15. The van der Waals surface area contributed by atoms with Crippen molar-refractivity contribution in [2.45, 2.75) is 125 Å². The molecule has 0 aliphatic rings. The van der Waals surface area contributed by atoms with Crippen molar-refractivity contribution in [3.05, 3.63) is 0 Å². The van der Waals surface area contributed by atoms with Crippen LogP contribution in [0.25, 0.3) is 0 Å². The van der Waals surface area contributed by atoms with Gasteiger partial charge in [0.05, 0.1) is 0 Å². The van der Waals surface area contributed by atoms with E-state index in [1.165, 1.54) is 6.92 Å². The Balaban J connectivity index is 6.30. The molecule has 16 heteroatoms. The van der Waals surface area contributed by atoms with Gasteiger partial charge in [-0.1, -0.05) is 52.4 Å². The van der Waals surface area contributed by atoms with Gasteiger partial charge >= 0.3 is 47.4 Å². The SMILES string of the molecule is CCCCCCCC(F)(F)C(F)(F)C(F)(F)C(F)(F)C(F)(F)C(F)(F)C(F)(F)C(F)(F)CCCCC. The van der Waals surface area contributed by atoms with E-state index in [2.05, 4.69) is 0 Å². The minimum atomic E-state index is -8.33. The molecule has 0 unspecified atom stereocenters. The number of rotatable bonds is 17. The Kier molecular flexibility index (Phi) is 11.0. The smallest absolute Gasteiger partial charge is 0.200 e. The summed E-state index contributed by atoms with van der Waals surface area (Å²) in [6.45, 7) is 2.94. The summed E-state index contributed by atoms with van der Waals surface area (Å²) in [5, 5.41) is 0. The fraction of sp³-hybridized carbons (Fsp3) is 1.00. The summed E-state index contributed by atoms with van der Waals surface area (Å²) >= 11 is 0. The normalized spacial score (nSPS) is 15.5. The topological polar surface area (TPSA) is 0 Å². The van der Waals surface area contributed by atoms with Crippen LogP contribution in [0.2, 0.25) is 0 Å². The second kappa shape index (κ2) is 11.3. The molecule has 0 bridgehead atoms. The number of hydrogen-bond donors (Lipinski definition) is 0. The maximum Gasteiger partial charge on any atom is 0.384 e. The molecule has 0 aliphatic heterocycles. The van der Waals surface area contributed by atoms with Crippen molar-refractivity contribution in [2.24, 2.45) is 0 Å². The number of unbranched alkanes of at least 4 members (excludes halogenated alkanes) is 6. The summed E-state index contributed by atoms with van der Waals surface area (Å²) in [7, 11) is 0. The van der Waals surface area contributed by atoms with Gasteiger partial charge in [0.1, 0.15) is 0 Å². The highest BCUT2D eigenvalue weighted by atomic mass is 19.4.